The van der Waals surface area contributed by atoms with E-state index in [1.807, 2.05) is 11.8 Å². The van der Waals surface area contributed by atoms with Gasteiger partial charge in [-0.3, -0.25) is 21.3 Å². The molecule has 3 saturated heterocycles. The first kappa shape index (κ1) is 20.7. The molecule has 0 spiro atoms. The van der Waals surface area contributed by atoms with E-state index in [1.54, 1.807) is 11.8 Å². The molecule has 0 aromatic carbocycles. The fourth-order valence-corrected chi connectivity index (χ4v) is 6.61. The molecule has 9 heteroatoms. The molecule has 27 heavy (non-hydrogen) atoms. The number of ether oxygens (including phenoxy) is 1. The highest BCUT2D eigenvalue weighted by atomic mass is 32.2. The van der Waals surface area contributed by atoms with Crippen molar-refractivity contribution in [3.63, 3.8) is 0 Å². The number of aliphatic hydroxyl groups is 2. The SMILES string of the molecule is OC(NC1NCCS1)C1CCC(C2CCC(C(O)NC3NCCS3)O2)CC1. The predicted molar refractivity (Wildman–Crippen MR) is 110 cm³/mol. The van der Waals surface area contributed by atoms with Gasteiger partial charge in [0.1, 0.15) is 23.5 Å². The topological polar surface area (TPSA) is 97.8 Å². The molecule has 0 bridgehead atoms. The molecule has 0 radical (unpaired) electrons. The van der Waals surface area contributed by atoms with E-state index >= 15 is 0 Å². The molecule has 156 valence electrons. The fraction of sp³-hybridized carbons (Fsp3) is 1.00. The van der Waals surface area contributed by atoms with E-state index in [2.05, 4.69) is 21.3 Å². The predicted octanol–water partition coefficient (Wildman–Crippen LogP) is 0.396. The van der Waals surface area contributed by atoms with Gasteiger partial charge in [-0.25, -0.2) is 0 Å². The van der Waals surface area contributed by atoms with Crippen LogP contribution in [0.3, 0.4) is 0 Å². The van der Waals surface area contributed by atoms with Crippen molar-refractivity contribution < 1.29 is 14.9 Å². The molecule has 1 aliphatic carbocycles. The van der Waals surface area contributed by atoms with Crippen LogP contribution in [0.15, 0.2) is 0 Å². The number of hydrogen-bond acceptors (Lipinski definition) is 9. The molecular formula is C18H34N4O3S2. The number of aliphatic hydroxyl groups excluding tert-OH is 2. The third-order valence-electron chi connectivity index (χ3n) is 6.30. The molecule has 3 heterocycles. The van der Waals surface area contributed by atoms with Gasteiger partial charge in [-0.1, -0.05) is 0 Å². The fourth-order valence-electron chi connectivity index (χ4n) is 4.72. The van der Waals surface area contributed by atoms with Crippen molar-refractivity contribution in [2.75, 3.05) is 24.6 Å². The van der Waals surface area contributed by atoms with Gasteiger partial charge < -0.3 is 14.9 Å². The van der Waals surface area contributed by atoms with Crippen LogP contribution in [0.4, 0.5) is 0 Å². The molecular weight excluding hydrogens is 384 g/mol. The van der Waals surface area contributed by atoms with Gasteiger partial charge in [0, 0.05) is 24.6 Å². The first-order chi connectivity index (χ1) is 13.2. The largest absolute Gasteiger partial charge is 0.378 e. The zero-order valence-electron chi connectivity index (χ0n) is 15.8. The van der Waals surface area contributed by atoms with Gasteiger partial charge in [-0.2, -0.15) is 0 Å². The average molecular weight is 419 g/mol. The summed E-state index contributed by atoms with van der Waals surface area (Å²) in [5.74, 6) is 3.08. The van der Waals surface area contributed by atoms with Crippen LogP contribution in [0.5, 0.6) is 0 Å². The highest BCUT2D eigenvalue weighted by Gasteiger charge is 2.38. The Hall–Kier alpha value is 0.420. The lowest BCUT2D eigenvalue weighted by molar-refractivity contribution is -0.0735. The minimum absolute atomic E-state index is 0.103. The lowest BCUT2D eigenvalue weighted by Gasteiger charge is -2.35. The standard InChI is InChI=1S/C18H34N4O3S2/c23-15(21-17-19-7-9-26-17)12-3-1-11(2-4-12)13-5-6-14(25-13)16(24)22-18-20-8-10-27-18/h11-24H,1-10H2. The molecule has 0 aromatic heterocycles. The van der Waals surface area contributed by atoms with Crippen LogP contribution in [-0.2, 0) is 4.74 Å². The van der Waals surface area contributed by atoms with Crippen molar-refractivity contribution in [3.8, 4) is 0 Å². The lowest BCUT2D eigenvalue weighted by atomic mass is 9.78. The molecule has 7 nitrogen and oxygen atoms in total. The second-order valence-electron chi connectivity index (χ2n) is 8.10. The highest BCUT2D eigenvalue weighted by Crippen LogP contribution is 2.38. The van der Waals surface area contributed by atoms with Gasteiger partial charge in [0.2, 0.25) is 0 Å². The normalized spacial score (nSPS) is 42.4. The zero-order valence-corrected chi connectivity index (χ0v) is 17.4. The van der Waals surface area contributed by atoms with Crippen molar-refractivity contribution in [1.82, 2.24) is 21.3 Å². The molecule has 6 atom stereocenters. The second kappa shape index (κ2) is 9.95. The summed E-state index contributed by atoms with van der Waals surface area (Å²) < 4.78 is 6.24. The number of rotatable bonds is 7. The average Bonchev–Trinajstić information content (AvgIpc) is 3.44. The van der Waals surface area contributed by atoms with Crippen molar-refractivity contribution in [3.05, 3.63) is 0 Å². The maximum atomic E-state index is 10.5. The Balaban J connectivity index is 1.17. The maximum absolute atomic E-state index is 10.5. The van der Waals surface area contributed by atoms with E-state index in [1.165, 1.54) is 0 Å². The molecule has 3 aliphatic heterocycles. The zero-order chi connectivity index (χ0) is 18.6. The molecule has 1 saturated carbocycles. The van der Waals surface area contributed by atoms with Crippen LogP contribution in [0, 0.1) is 11.8 Å². The van der Waals surface area contributed by atoms with Crippen LogP contribution in [0.1, 0.15) is 38.5 Å². The van der Waals surface area contributed by atoms with Crippen LogP contribution in [0.25, 0.3) is 0 Å². The van der Waals surface area contributed by atoms with Crippen molar-refractivity contribution in [2.45, 2.75) is 74.2 Å². The van der Waals surface area contributed by atoms with E-state index in [0.29, 0.717) is 11.8 Å². The Kier molecular flexibility index (Phi) is 7.62. The van der Waals surface area contributed by atoms with Gasteiger partial charge in [0.05, 0.1) is 12.2 Å². The summed E-state index contributed by atoms with van der Waals surface area (Å²) >= 11 is 3.63. The van der Waals surface area contributed by atoms with Crippen molar-refractivity contribution in [2.24, 2.45) is 11.8 Å². The van der Waals surface area contributed by atoms with Gasteiger partial charge in [-0.15, -0.1) is 23.5 Å². The molecule has 4 aliphatic rings. The van der Waals surface area contributed by atoms with Crippen molar-refractivity contribution in [1.29, 1.82) is 0 Å². The summed E-state index contributed by atoms with van der Waals surface area (Å²) in [5, 5.41) is 34.2. The smallest absolute Gasteiger partial charge is 0.133 e. The van der Waals surface area contributed by atoms with E-state index in [4.69, 9.17) is 4.74 Å². The Morgan fingerprint density at radius 1 is 0.815 bits per heavy atom. The van der Waals surface area contributed by atoms with Crippen LogP contribution in [-0.4, -0.2) is 70.5 Å². The molecule has 4 fully saturated rings. The minimum Gasteiger partial charge on any atom is -0.378 e. The van der Waals surface area contributed by atoms with Gasteiger partial charge in [0.25, 0.3) is 0 Å². The summed E-state index contributed by atoms with van der Waals surface area (Å²) in [4.78, 5) is 0. The van der Waals surface area contributed by atoms with E-state index in [0.717, 1.165) is 63.1 Å². The number of nitrogens with one attached hydrogen (secondary N) is 4. The monoisotopic (exact) mass is 418 g/mol. The third kappa shape index (κ3) is 5.52. The summed E-state index contributed by atoms with van der Waals surface area (Å²) in [6.07, 6.45) is 5.39. The van der Waals surface area contributed by atoms with Crippen molar-refractivity contribution >= 4 is 23.5 Å². The Morgan fingerprint density at radius 2 is 1.44 bits per heavy atom. The number of hydrogen-bond donors (Lipinski definition) is 6. The van der Waals surface area contributed by atoms with Crippen LogP contribution in [0.2, 0.25) is 0 Å². The lowest BCUT2D eigenvalue weighted by Crippen LogP contribution is -2.48. The van der Waals surface area contributed by atoms with E-state index in [9.17, 15) is 10.2 Å². The first-order valence-corrected chi connectivity index (χ1v) is 12.5. The van der Waals surface area contributed by atoms with Crippen LogP contribution >= 0.6 is 23.5 Å². The second-order valence-corrected chi connectivity index (χ2v) is 10.5. The van der Waals surface area contributed by atoms with E-state index in [-0.39, 0.29) is 23.2 Å². The molecule has 6 unspecified atom stereocenters. The van der Waals surface area contributed by atoms with Gasteiger partial charge in [0.15, 0.2) is 0 Å². The Bertz CT molecular complexity index is 458. The highest BCUT2D eigenvalue weighted by molar-refractivity contribution is 8.00. The molecule has 0 aromatic rings. The molecule has 6 N–H and O–H groups in total. The summed E-state index contributed by atoms with van der Waals surface area (Å²) in [6.45, 7) is 2.00. The summed E-state index contributed by atoms with van der Waals surface area (Å²) in [6, 6.07) is 0. The van der Waals surface area contributed by atoms with Gasteiger partial charge >= 0.3 is 0 Å². The third-order valence-corrected chi connectivity index (χ3v) is 8.45. The quantitative estimate of drug-likeness (QED) is 0.328. The maximum Gasteiger partial charge on any atom is 0.133 e. The van der Waals surface area contributed by atoms with Gasteiger partial charge in [-0.05, 0) is 50.4 Å². The van der Waals surface area contributed by atoms with Crippen LogP contribution < -0.4 is 21.3 Å². The Labute approximate surface area is 170 Å². The minimum atomic E-state index is -0.600. The number of thioether (sulfide) groups is 2. The summed E-state index contributed by atoms with van der Waals surface area (Å²) in [7, 11) is 0. The summed E-state index contributed by atoms with van der Waals surface area (Å²) in [5.41, 5.74) is 0.331. The molecule has 0 amide bonds. The molecule has 4 rings (SSSR count). The van der Waals surface area contributed by atoms with E-state index < -0.39 is 12.5 Å². The Morgan fingerprint density at radius 3 is 2.04 bits per heavy atom. The first-order valence-electron chi connectivity index (χ1n) is 10.4.